The minimum absolute atomic E-state index is 0.0180. The number of methoxy groups -OCH3 is 1. The molecule has 0 spiro atoms. The van der Waals surface area contributed by atoms with Crippen LogP contribution < -0.4 is 0 Å². The fourth-order valence-corrected chi connectivity index (χ4v) is 2.89. The molecular formula is C13H15NO4S. The first kappa shape index (κ1) is 15.2. The van der Waals surface area contributed by atoms with Crippen LogP contribution in [-0.2, 0) is 19.4 Å². The van der Waals surface area contributed by atoms with E-state index in [4.69, 9.17) is 5.26 Å². The number of rotatable bonds is 6. The highest BCUT2D eigenvalue weighted by atomic mass is 32.2. The molecule has 0 unspecified atom stereocenters. The van der Waals surface area contributed by atoms with Crippen molar-refractivity contribution in [1.29, 1.82) is 5.26 Å². The summed E-state index contributed by atoms with van der Waals surface area (Å²) in [5.74, 6) is -0.355. The van der Waals surface area contributed by atoms with E-state index < -0.39 is 9.84 Å². The Kier molecular flexibility index (Phi) is 5.52. The molecule has 0 radical (unpaired) electrons. The van der Waals surface area contributed by atoms with E-state index in [0.29, 0.717) is 18.4 Å². The maximum Gasteiger partial charge on any atom is 0.305 e. The van der Waals surface area contributed by atoms with Gasteiger partial charge >= 0.3 is 5.97 Å². The van der Waals surface area contributed by atoms with Gasteiger partial charge in [-0.2, -0.15) is 5.26 Å². The number of nitrogens with zero attached hydrogens (tertiary/aromatic N) is 1. The number of unbranched alkanes of at least 4 members (excludes halogenated alkanes) is 1. The average molecular weight is 281 g/mol. The van der Waals surface area contributed by atoms with Crippen molar-refractivity contribution >= 4 is 15.8 Å². The van der Waals surface area contributed by atoms with E-state index in [9.17, 15) is 13.2 Å². The van der Waals surface area contributed by atoms with Crippen LogP contribution in [0.4, 0.5) is 0 Å². The molecule has 6 heteroatoms. The van der Waals surface area contributed by atoms with Gasteiger partial charge in [0, 0.05) is 6.42 Å². The second-order valence-electron chi connectivity index (χ2n) is 3.99. The Hall–Kier alpha value is -1.87. The molecule has 0 aromatic heterocycles. The highest BCUT2D eigenvalue weighted by Crippen LogP contribution is 2.14. The van der Waals surface area contributed by atoms with Gasteiger partial charge in [0.15, 0.2) is 9.84 Å². The Balaban J connectivity index is 2.56. The fraction of sp³-hybridized carbons (Fsp3) is 0.385. The molecule has 0 aliphatic carbocycles. The van der Waals surface area contributed by atoms with Crippen LogP contribution in [0.1, 0.15) is 24.8 Å². The van der Waals surface area contributed by atoms with Crippen LogP contribution in [0.3, 0.4) is 0 Å². The molecule has 0 aliphatic rings. The van der Waals surface area contributed by atoms with Crippen LogP contribution in [0.25, 0.3) is 0 Å². The van der Waals surface area contributed by atoms with Crippen molar-refractivity contribution in [2.24, 2.45) is 0 Å². The standard InChI is InChI=1S/C13H15NO4S/c1-18-13(15)4-2-3-9-19(16,17)12-7-5-11(10-14)6-8-12/h5-8H,2-4,9H2,1H3. The first-order valence-electron chi connectivity index (χ1n) is 5.79. The number of sulfone groups is 1. The van der Waals surface area contributed by atoms with E-state index in [2.05, 4.69) is 4.74 Å². The summed E-state index contributed by atoms with van der Waals surface area (Å²) in [6.07, 6.45) is 1.10. The van der Waals surface area contributed by atoms with Crippen LogP contribution in [0.2, 0.25) is 0 Å². The minimum Gasteiger partial charge on any atom is -0.469 e. The van der Waals surface area contributed by atoms with Crippen molar-refractivity contribution in [3.8, 4) is 6.07 Å². The van der Waals surface area contributed by atoms with Gasteiger partial charge in [-0.3, -0.25) is 4.79 Å². The summed E-state index contributed by atoms with van der Waals surface area (Å²) in [7, 11) is -2.05. The van der Waals surface area contributed by atoms with E-state index >= 15 is 0 Å². The SMILES string of the molecule is COC(=O)CCCCS(=O)(=O)c1ccc(C#N)cc1. The highest BCUT2D eigenvalue weighted by molar-refractivity contribution is 7.91. The van der Waals surface area contributed by atoms with Gasteiger partial charge in [-0.15, -0.1) is 0 Å². The summed E-state index contributed by atoms with van der Waals surface area (Å²) in [6, 6.07) is 7.73. The van der Waals surface area contributed by atoms with Gasteiger partial charge in [-0.1, -0.05) is 0 Å². The highest BCUT2D eigenvalue weighted by Gasteiger charge is 2.14. The Morgan fingerprint density at radius 1 is 1.26 bits per heavy atom. The second kappa shape index (κ2) is 6.90. The molecule has 0 saturated carbocycles. The number of hydrogen-bond acceptors (Lipinski definition) is 5. The van der Waals surface area contributed by atoms with Crippen molar-refractivity contribution in [3.05, 3.63) is 29.8 Å². The summed E-state index contributed by atoms with van der Waals surface area (Å²) in [4.78, 5) is 11.1. The van der Waals surface area contributed by atoms with E-state index in [-0.39, 0.29) is 23.0 Å². The molecule has 0 aliphatic heterocycles. The molecule has 19 heavy (non-hydrogen) atoms. The summed E-state index contributed by atoms with van der Waals surface area (Å²) < 4.78 is 28.4. The zero-order chi connectivity index (χ0) is 14.3. The van der Waals surface area contributed by atoms with E-state index in [0.717, 1.165) is 0 Å². The molecule has 0 amide bonds. The number of benzene rings is 1. The first-order chi connectivity index (χ1) is 8.99. The zero-order valence-electron chi connectivity index (χ0n) is 10.6. The summed E-state index contributed by atoms with van der Waals surface area (Å²) in [5, 5.41) is 8.64. The monoisotopic (exact) mass is 281 g/mol. The molecule has 0 fully saturated rings. The first-order valence-corrected chi connectivity index (χ1v) is 7.44. The van der Waals surface area contributed by atoms with Crippen LogP contribution in [0.15, 0.2) is 29.2 Å². The van der Waals surface area contributed by atoms with Crippen LogP contribution in [-0.4, -0.2) is 27.2 Å². The third-order valence-corrected chi connectivity index (χ3v) is 4.43. The molecule has 1 rings (SSSR count). The van der Waals surface area contributed by atoms with Gasteiger partial charge in [-0.05, 0) is 37.1 Å². The largest absolute Gasteiger partial charge is 0.469 e. The van der Waals surface area contributed by atoms with Gasteiger partial charge in [0.25, 0.3) is 0 Å². The van der Waals surface area contributed by atoms with Crippen LogP contribution >= 0.6 is 0 Å². The van der Waals surface area contributed by atoms with Gasteiger partial charge in [0.1, 0.15) is 0 Å². The van der Waals surface area contributed by atoms with Crippen molar-refractivity contribution in [1.82, 2.24) is 0 Å². The van der Waals surface area contributed by atoms with Gasteiger partial charge in [0.2, 0.25) is 0 Å². The molecule has 0 saturated heterocycles. The lowest BCUT2D eigenvalue weighted by Gasteiger charge is -2.04. The lowest BCUT2D eigenvalue weighted by Crippen LogP contribution is -2.08. The number of carbonyl (C=O) groups is 1. The number of ether oxygens (including phenoxy) is 1. The quantitative estimate of drug-likeness (QED) is 0.585. The van der Waals surface area contributed by atoms with E-state index in [1.165, 1.54) is 31.4 Å². The second-order valence-corrected chi connectivity index (χ2v) is 6.10. The van der Waals surface area contributed by atoms with Crippen molar-refractivity contribution in [3.63, 3.8) is 0 Å². The van der Waals surface area contributed by atoms with Crippen LogP contribution in [0, 0.1) is 11.3 Å². The number of esters is 1. The molecular weight excluding hydrogens is 266 g/mol. The Morgan fingerprint density at radius 2 is 1.89 bits per heavy atom. The van der Waals surface area contributed by atoms with Crippen molar-refractivity contribution in [2.45, 2.75) is 24.2 Å². The molecule has 0 N–H and O–H groups in total. The van der Waals surface area contributed by atoms with Gasteiger partial charge < -0.3 is 4.74 Å². The predicted octanol–water partition coefficient (Wildman–Crippen LogP) is 1.68. The maximum atomic E-state index is 11.9. The third kappa shape index (κ3) is 4.72. The molecule has 1 aromatic carbocycles. The Bertz CT molecular complexity index is 570. The molecule has 1 aromatic rings. The summed E-state index contributed by atoms with van der Waals surface area (Å²) in [5.41, 5.74) is 0.421. The number of carbonyl (C=O) groups excluding carboxylic acids is 1. The summed E-state index contributed by atoms with van der Waals surface area (Å²) >= 11 is 0. The third-order valence-electron chi connectivity index (χ3n) is 2.61. The van der Waals surface area contributed by atoms with E-state index in [1.54, 1.807) is 0 Å². The minimum atomic E-state index is -3.35. The van der Waals surface area contributed by atoms with Gasteiger partial charge in [-0.25, -0.2) is 8.42 Å². The Morgan fingerprint density at radius 3 is 2.42 bits per heavy atom. The molecule has 0 atom stereocenters. The lowest BCUT2D eigenvalue weighted by molar-refractivity contribution is -0.140. The molecule has 0 bridgehead atoms. The predicted molar refractivity (Wildman–Crippen MR) is 69.1 cm³/mol. The molecule has 102 valence electrons. The maximum absolute atomic E-state index is 11.9. The Labute approximate surface area is 112 Å². The fourth-order valence-electron chi connectivity index (χ4n) is 1.52. The molecule has 5 nitrogen and oxygen atoms in total. The lowest BCUT2D eigenvalue weighted by atomic mass is 10.2. The van der Waals surface area contributed by atoms with Gasteiger partial charge in [0.05, 0.1) is 29.4 Å². The smallest absolute Gasteiger partial charge is 0.305 e. The van der Waals surface area contributed by atoms with Crippen LogP contribution in [0.5, 0.6) is 0 Å². The van der Waals surface area contributed by atoms with Crippen molar-refractivity contribution in [2.75, 3.05) is 12.9 Å². The van der Waals surface area contributed by atoms with Crippen molar-refractivity contribution < 1.29 is 17.9 Å². The topological polar surface area (TPSA) is 84.2 Å². The summed E-state index contributed by atoms with van der Waals surface area (Å²) in [6.45, 7) is 0. The molecule has 0 heterocycles. The zero-order valence-corrected chi connectivity index (χ0v) is 11.4. The van der Waals surface area contributed by atoms with E-state index in [1.807, 2.05) is 6.07 Å². The number of hydrogen-bond donors (Lipinski definition) is 0. The number of nitriles is 1. The normalized spacial score (nSPS) is 10.7. The average Bonchev–Trinajstić information content (AvgIpc) is 2.43.